The second kappa shape index (κ2) is 22.1. The number of pyridine rings is 1. The van der Waals surface area contributed by atoms with E-state index in [2.05, 4.69) is 331 Å². The molecule has 0 saturated carbocycles. The third-order valence-electron chi connectivity index (χ3n) is 22.4. The molecule has 11 heteroatoms. The zero-order valence-corrected chi connectivity index (χ0v) is 57.6. The number of benzene rings is 14. The van der Waals surface area contributed by atoms with Gasteiger partial charge in [0, 0.05) is 108 Å². The lowest BCUT2D eigenvalue weighted by Crippen LogP contribution is -2.33. The highest BCUT2D eigenvalue weighted by molar-refractivity contribution is 7.95. The second-order valence-electron chi connectivity index (χ2n) is 27.9. The van der Waals surface area contributed by atoms with Gasteiger partial charge in [0.2, 0.25) is 26.6 Å². The van der Waals surface area contributed by atoms with Crippen molar-refractivity contribution >= 4 is 137 Å². The van der Waals surface area contributed by atoms with Crippen LogP contribution in [0.3, 0.4) is 0 Å². The van der Waals surface area contributed by atoms with Gasteiger partial charge in [-0.05, 0) is 160 Å². The lowest BCUT2D eigenvalue weighted by atomic mass is 9.84. The maximum Gasteiger partial charge on any atom is 0.236 e. The Labute approximate surface area is 606 Å². The molecule has 0 bridgehead atoms. The summed E-state index contributed by atoms with van der Waals surface area (Å²) in [5.41, 5.74) is 21.7. The van der Waals surface area contributed by atoms with E-state index in [0.29, 0.717) is 11.4 Å². The van der Waals surface area contributed by atoms with Crippen molar-refractivity contribution in [2.45, 2.75) is 11.3 Å². The summed E-state index contributed by atoms with van der Waals surface area (Å²) in [7, 11) is -4.10. The fourth-order valence-corrected chi connectivity index (χ4v) is 19.5. The summed E-state index contributed by atoms with van der Waals surface area (Å²) in [6, 6.07) is 117. The smallest absolute Gasteiger partial charge is 0.236 e. The number of sulfone groups is 1. The van der Waals surface area contributed by atoms with Gasteiger partial charge in [0.1, 0.15) is 27.8 Å². The molecule has 10 nitrogen and oxygen atoms in total. The van der Waals surface area contributed by atoms with Crippen LogP contribution in [0.4, 0.5) is 28.4 Å². The number of anilines is 3. The van der Waals surface area contributed by atoms with Crippen LogP contribution in [-0.2, 0) is 9.84 Å². The summed E-state index contributed by atoms with van der Waals surface area (Å²) in [4.78, 5) is 8.57. The Kier molecular flexibility index (Phi) is 12.2. The number of ether oxygens (including phenoxy) is 1. The van der Waals surface area contributed by atoms with Gasteiger partial charge >= 0.3 is 0 Å². The minimum atomic E-state index is -4.10. The van der Waals surface area contributed by atoms with Gasteiger partial charge in [0.15, 0.2) is 0 Å². The Balaban J connectivity index is 0.844. The number of allylic oxidation sites excluding steroid dienone is 3. The second-order valence-corrected chi connectivity index (χ2v) is 29.9. The van der Waals surface area contributed by atoms with E-state index >= 15 is 8.42 Å². The fraction of sp³-hybridized carbons (Fsp3) is 0.0105. The van der Waals surface area contributed by atoms with E-state index in [1.165, 1.54) is 21.5 Å². The highest BCUT2D eigenvalue weighted by Crippen LogP contribution is 2.50. The molecule has 4 aliphatic rings. The third-order valence-corrected chi connectivity index (χ3v) is 24.3. The van der Waals surface area contributed by atoms with Crippen LogP contribution in [-0.4, -0.2) is 31.7 Å². The SMILES string of the molecule is O=S1(=O)C2=C(C=C3C(=c4cc(-n5c6ccccc6c6cc(-n7c8ccccc8c8ccccc87)ccc65)ccc4=c4cc5c(cc4-c4cc(-n6c7ccccc7c7cc(-n8c9ccccc9c9ccccc98)ccc76)cnc43)=[N+](c3ccccc3)c3ccccc3N5c3ccccc3)C2)Oc2ccccc21. The van der Waals surface area contributed by atoms with Crippen molar-refractivity contribution in [1.82, 2.24) is 27.8 Å². The standard InChI is InChI=1S/C95H58N7O3S/c103-106(104)93-42-22-21-41-91(93)105-92-55-78-74(56-94(92)106)71-49-60(101-83-37-17-11-31-69(83)75-50-61(44-47-85(75)101)99-79-33-13-7-27-65(79)66-28-8-14-34-80(66)99)43-46-64(71)72-53-89-90(98(59-25-5-2-6-26-59)88-40-20-19-39-87(88)97(89)58-23-3-1-4-24-58)54-73(72)77-52-63(57-96-95(77)78)102-84-38-18-12-32-70(84)76-51-62(45-48-86(76)102)100-81-35-15-9-29-67(81)68-30-10-16-36-82(68)100/h1-55,57H,56H2/q+1. The van der Waals surface area contributed by atoms with E-state index in [0.717, 1.165) is 160 Å². The molecule has 106 heavy (non-hydrogen) atoms. The first-order valence-electron chi connectivity index (χ1n) is 35.9. The highest BCUT2D eigenvalue weighted by atomic mass is 32.2. The van der Waals surface area contributed by atoms with Gasteiger partial charge in [-0.15, -0.1) is 4.58 Å². The monoisotopic (exact) mass is 1380 g/mol. The summed E-state index contributed by atoms with van der Waals surface area (Å²) in [5, 5.41) is 13.0. The van der Waals surface area contributed by atoms with Gasteiger partial charge in [-0.2, -0.15) is 0 Å². The van der Waals surface area contributed by atoms with E-state index in [4.69, 9.17) is 9.72 Å². The fourth-order valence-electron chi connectivity index (χ4n) is 17.9. The largest absolute Gasteiger partial charge is 0.455 e. The predicted octanol–water partition coefficient (Wildman–Crippen LogP) is 21.4. The van der Waals surface area contributed by atoms with Crippen molar-refractivity contribution in [3.05, 3.63) is 377 Å². The zero-order chi connectivity index (χ0) is 69.6. The van der Waals surface area contributed by atoms with Crippen LogP contribution in [0.2, 0.25) is 0 Å². The van der Waals surface area contributed by atoms with Gasteiger partial charge in [0.25, 0.3) is 0 Å². The minimum Gasteiger partial charge on any atom is -0.455 e. The minimum absolute atomic E-state index is 0.0270. The van der Waals surface area contributed by atoms with Crippen molar-refractivity contribution in [2.24, 2.45) is 0 Å². The van der Waals surface area contributed by atoms with Gasteiger partial charge in [0.05, 0.1) is 66.6 Å². The number of para-hydroxylation sites is 11. The Hall–Kier alpha value is -13.9. The molecule has 5 aromatic heterocycles. The van der Waals surface area contributed by atoms with E-state index < -0.39 is 9.84 Å². The molecule has 14 aromatic carbocycles. The summed E-state index contributed by atoms with van der Waals surface area (Å²) < 4.78 is 49.9. The molecule has 2 aliphatic heterocycles. The van der Waals surface area contributed by atoms with Gasteiger partial charge in [-0.25, -0.2) is 8.42 Å². The summed E-state index contributed by atoms with van der Waals surface area (Å²) in [6.07, 6.45) is 4.00. The molecule has 0 unspecified atom stereocenters. The molecule has 0 fully saturated rings. The summed E-state index contributed by atoms with van der Waals surface area (Å²) >= 11 is 0. The number of nitrogens with zero attached hydrogens (tertiary/aromatic N) is 7. The molecule has 0 radical (unpaired) electrons. The van der Waals surface area contributed by atoms with Crippen LogP contribution < -0.4 is 24.8 Å². The number of hydrogen-bond acceptors (Lipinski definition) is 5. The molecule has 2 aliphatic carbocycles. The zero-order valence-electron chi connectivity index (χ0n) is 56.8. The lowest BCUT2D eigenvalue weighted by Gasteiger charge is -2.30. The molecule has 0 amide bonds. The summed E-state index contributed by atoms with van der Waals surface area (Å²) in [5.74, 6) is 0.576. The average molecular weight is 1380 g/mol. The van der Waals surface area contributed by atoms with Crippen molar-refractivity contribution in [1.29, 1.82) is 0 Å². The maximum atomic E-state index is 15.6. The number of fused-ring (bicyclic) bond motifs is 21. The van der Waals surface area contributed by atoms with Crippen LogP contribution in [0.25, 0.3) is 132 Å². The summed E-state index contributed by atoms with van der Waals surface area (Å²) in [6.45, 7) is 0. The molecule has 0 N–H and O–H groups in total. The van der Waals surface area contributed by atoms with Crippen LogP contribution in [0.5, 0.6) is 5.75 Å². The molecular formula is C95H58N7O3S+. The van der Waals surface area contributed by atoms with E-state index in [-0.39, 0.29) is 22.0 Å². The van der Waals surface area contributed by atoms with Gasteiger partial charge in [-0.1, -0.05) is 176 Å². The molecule has 7 heterocycles. The topological polar surface area (TPSA) is 82.2 Å². The Bertz CT molecular complexity index is 7500. The Morgan fingerprint density at radius 1 is 0.358 bits per heavy atom. The van der Waals surface area contributed by atoms with E-state index in [1.54, 1.807) is 18.2 Å². The Morgan fingerprint density at radius 3 is 1.42 bits per heavy atom. The third kappa shape index (κ3) is 8.28. The molecule has 0 atom stereocenters. The maximum absolute atomic E-state index is 15.6. The van der Waals surface area contributed by atoms with Crippen molar-refractivity contribution in [3.63, 3.8) is 0 Å². The molecule has 0 spiro atoms. The Morgan fingerprint density at radius 2 is 0.830 bits per heavy atom. The van der Waals surface area contributed by atoms with E-state index in [1.807, 2.05) is 18.3 Å². The van der Waals surface area contributed by atoms with Gasteiger partial charge in [-0.3, -0.25) is 9.88 Å². The van der Waals surface area contributed by atoms with Crippen molar-refractivity contribution < 1.29 is 13.2 Å². The number of rotatable bonds is 6. The molecule has 0 saturated heterocycles. The van der Waals surface area contributed by atoms with Crippen molar-refractivity contribution in [3.8, 4) is 39.6 Å². The predicted molar refractivity (Wildman–Crippen MR) is 429 cm³/mol. The highest BCUT2D eigenvalue weighted by Gasteiger charge is 2.40. The number of hydrogen-bond donors (Lipinski definition) is 0. The average Bonchev–Trinajstić information content (AvgIpc) is 1.07. The van der Waals surface area contributed by atoms with Crippen LogP contribution in [0.1, 0.15) is 12.1 Å². The van der Waals surface area contributed by atoms with Crippen LogP contribution in [0, 0.1) is 10.4 Å². The molecule has 23 rings (SSSR count). The van der Waals surface area contributed by atoms with Crippen LogP contribution in [0.15, 0.2) is 355 Å². The van der Waals surface area contributed by atoms with Crippen molar-refractivity contribution in [2.75, 3.05) is 4.90 Å². The number of aromatic nitrogens is 5. The normalized spacial score (nSPS) is 14.2. The first-order valence-corrected chi connectivity index (χ1v) is 37.3. The van der Waals surface area contributed by atoms with Crippen LogP contribution >= 0.6 is 0 Å². The lowest BCUT2D eigenvalue weighted by molar-refractivity contribution is 0.419. The molecule has 19 aromatic rings. The molecular weight excluding hydrogens is 1320 g/mol. The molecule has 496 valence electrons. The quantitative estimate of drug-likeness (QED) is 0.155. The first-order chi connectivity index (χ1) is 52.4. The van der Waals surface area contributed by atoms with E-state index in [9.17, 15) is 0 Å². The van der Waals surface area contributed by atoms with Gasteiger partial charge < -0.3 is 23.0 Å². The first kappa shape index (κ1) is 58.7.